The van der Waals surface area contributed by atoms with Crippen LogP contribution >= 0.6 is 0 Å². The van der Waals surface area contributed by atoms with Crippen molar-refractivity contribution in [2.24, 2.45) is 0 Å². The highest BCUT2D eigenvalue weighted by molar-refractivity contribution is 5.65. The quantitative estimate of drug-likeness (QED) is 0.672. The van der Waals surface area contributed by atoms with Gasteiger partial charge in [0.15, 0.2) is 0 Å². The maximum atomic E-state index is 9.27. The van der Waals surface area contributed by atoms with E-state index in [2.05, 4.69) is 10.6 Å². The largest absolute Gasteiger partial charge is 0.392 e. The Kier molecular flexibility index (Phi) is 4.26. The fraction of sp³-hybridized carbons (Fsp3) is 0.455. The van der Waals surface area contributed by atoms with E-state index in [9.17, 15) is 5.11 Å². The van der Waals surface area contributed by atoms with Crippen LogP contribution < -0.4 is 10.6 Å². The molecule has 1 aromatic rings. The average molecular weight is 194 g/mol. The van der Waals surface area contributed by atoms with E-state index in [0.717, 1.165) is 30.0 Å². The Morgan fingerprint density at radius 2 is 1.57 bits per heavy atom. The van der Waals surface area contributed by atoms with Gasteiger partial charge in [0, 0.05) is 30.0 Å². The van der Waals surface area contributed by atoms with Crippen LogP contribution in [-0.2, 0) is 6.61 Å². The lowest BCUT2D eigenvalue weighted by atomic mass is 10.1. The van der Waals surface area contributed by atoms with E-state index in [1.807, 2.05) is 32.0 Å². The average Bonchev–Trinajstić information content (AvgIpc) is 2.19. The molecule has 3 N–H and O–H groups in total. The van der Waals surface area contributed by atoms with Gasteiger partial charge in [-0.25, -0.2) is 0 Å². The Morgan fingerprint density at radius 1 is 1.07 bits per heavy atom. The highest BCUT2D eigenvalue weighted by Gasteiger charge is 2.05. The predicted molar refractivity (Wildman–Crippen MR) is 60.7 cm³/mol. The molecule has 0 fully saturated rings. The van der Waals surface area contributed by atoms with Gasteiger partial charge in [-0.15, -0.1) is 0 Å². The first-order chi connectivity index (χ1) is 6.83. The molecule has 0 bridgehead atoms. The Bertz CT molecular complexity index is 262. The lowest BCUT2D eigenvalue weighted by Crippen LogP contribution is -2.06. The minimum Gasteiger partial charge on any atom is -0.392 e. The van der Waals surface area contributed by atoms with Gasteiger partial charge in [-0.2, -0.15) is 0 Å². The number of aliphatic hydroxyl groups excluding tert-OH is 1. The van der Waals surface area contributed by atoms with Crippen LogP contribution in [0.2, 0.25) is 0 Å². The molecule has 0 radical (unpaired) electrons. The molecule has 3 nitrogen and oxygen atoms in total. The fourth-order valence-corrected chi connectivity index (χ4v) is 1.47. The first-order valence-electron chi connectivity index (χ1n) is 5.04. The van der Waals surface area contributed by atoms with Crippen molar-refractivity contribution >= 4 is 11.4 Å². The molecule has 1 rings (SSSR count). The van der Waals surface area contributed by atoms with Crippen molar-refractivity contribution < 1.29 is 5.11 Å². The summed E-state index contributed by atoms with van der Waals surface area (Å²) in [5.41, 5.74) is 2.96. The van der Waals surface area contributed by atoms with Crippen LogP contribution in [0.15, 0.2) is 18.2 Å². The maximum absolute atomic E-state index is 9.27. The molecule has 0 aliphatic carbocycles. The van der Waals surface area contributed by atoms with Crippen LogP contribution in [0.4, 0.5) is 11.4 Å². The zero-order valence-electron chi connectivity index (χ0n) is 8.80. The van der Waals surface area contributed by atoms with Crippen LogP contribution in [0.3, 0.4) is 0 Å². The molecule has 78 valence electrons. The monoisotopic (exact) mass is 194 g/mol. The van der Waals surface area contributed by atoms with Gasteiger partial charge in [-0.05, 0) is 26.0 Å². The van der Waals surface area contributed by atoms with E-state index in [4.69, 9.17) is 0 Å². The van der Waals surface area contributed by atoms with Crippen molar-refractivity contribution in [1.29, 1.82) is 0 Å². The summed E-state index contributed by atoms with van der Waals surface area (Å²) < 4.78 is 0. The summed E-state index contributed by atoms with van der Waals surface area (Å²) in [6.07, 6.45) is 0. The minimum absolute atomic E-state index is 0.0610. The van der Waals surface area contributed by atoms with Gasteiger partial charge in [0.1, 0.15) is 0 Å². The summed E-state index contributed by atoms with van der Waals surface area (Å²) in [6.45, 7) is 5.87. The van der Waals surface area contributed by atoms with Gasteiger partial charge in [0.2, 0.25) is 0 Å². The lowest BCUT2D eigenvalue weighted by molar-refractivity contribution is 0.283. The number of anilines is 2. The molecule has 0 spiro atoms. The van der Waals surface area contributed by atoms with E-state index in [-0.39, 0.29) is 6.61 Å². The van der Waals surface area contributed by atoms with Gasteiger partial charge in [0.25, 0.3) is 0 Å². The van der Waals surface area contributed by atoms with Crippen LogP contribution in [0, 0.1) is 0 Å². The summed E-state index contributed by atoms with van der Waals surface area (Å²) in [7, 11) is 0. The zero-order valence-corrected chi connectivity index (χ0v) is 8.80. The Labute approximate surface area is 85.2 Å². The second-order valence-corrected chi connectivity index (χ2v) is 3.05. The van der Waals surface area contributed by atoms with Crippen LogP contribution in [0.5, 0.6) is 0 Å². The SMILES string of the molecule is CCNc1cccc(NCC)c1CO. The third kappa shape index (κ3) is 2.39. The molecule has 0 saturated heterocycles. The molecular weight excluding hydrogens is 176 g/mol. The first-order valence-corrected chi connectivity index (χ1v) is 5.04. The van der Waals surface area contributed by atoms with Gasteiger partial charge in [0.05, 0.1) is 6.61 Å². The van der Waals surface area contributed by atoms with Crippen LogP contribution in [0.25, 0.3) is 0 Å². The van der Waals surface area contributed by atoms with E-state index in [1.54, 1.807) is 0 Å². The summed E-state index contributed by atoms with van der Waals surface area (Å²) in [5.74, 6) is 0. The second kappa shape index (κ2) is 5.50. The minimum atomic E-state index is 0.0610. The molecule has 0 aliphatic rings. The molecule has 0 amide bonds. The highest BCUT2D eigenvalue weighted by atomic mass is 16.3. The van der Waals surface area contributed by atoms with Crippen molar-refractivity contribution in [1.82, 2.24) is 0 Å². The highest BCUT2D eigenvalue weighted by Crippen LogP contribution is 2.24. The number of aliphatic hydroxyl groups is 1. The number of rotatable bonds is 5. The van der Waals surface area contributed by atoms with Gasteiger partial charge in [-0.3, -0.25) is 0 Å². The fourth-order valence-electron chi connectivity index (χ4n) is 1.47. The van der Waals surface area contributed by atoms with E-state index in [1.165, 1.54) is 0 Å². The Balaban J connectivity index is 2.98. The van der Waals surface area contributed by atoms with Crippen LogP contribution in [0.1, 0.15) is 19.4 Å². The van der Waals surface area contributed by atoms with E-state index in [0.29, 0.717) is 0 Å². The molecule has 3 heteroatoms. The first kappa shape index (κ1) is 10.9. The number of hydrogen-bond donors (Lipinski definition) is 3. The van der Waals surface area contributed by atoms with Crippen molar-refractivity contribution in [3.05, 3.63) is 23.8 Å². The van der Waals surface area contributed by atoms with Crippen molar-refractivity contribution in [3.8, 4) is 0 Å². The number of nitrogens with one attached hydrogen (secondary N) is 2. The summed E-state index contributed by atoms with van der Waals surface area (Å²) in [6, 6.07) is 5.95. The molecule has 0 atom stereocenters. The Hall–Kier alpha value is -1.22. The van der Waals surface area contributed by atoms with Gasteiger partial charge < -0.3 is 15.7 Å². The molecule has 0 aliphatic heterocycles. The zero-order chi connectivity index (χ0) is 10.4. The number of benzene rings is 1. The normalized spacial score (nSPS) is 9.93. The predicted octanol–water partition coefficient (Wildman–Crippen LogP) is 2.04. The van der Waals surface area contributed by atoms with Gasteiger partial charge >= 0.3 is 0 Å². The topological polar surface area (TPSA) is 44.3 Å². The van der Waals surface area contributed by atoms with E-state index < -0.39 is 0 Å². The smallest absolute Gasteiger partial charge is 0.0722 e. The third-order valence-corrected chi connectivity index (χ3v) is 2.07. The van der Waals surface area contributed by atoms with Gasteiger partial charge in [-0.1, -0.05) is 6.07 Å². The molecule has 0 heterocycles. The summed E-state index contributed by atoms with van der Waals surface area (Å²) >= 11 is 0. The van der Waals surface area contributed by atoms with E-state index >= 15 is 0 Å². The third-order valence-electron chi connectivity index (χ3n) is 2.07. The maximum Gasteiger partial charge on any atom is 0.0722 e. The molecule has 0 saturated carbocycles. The second-order valence-electron chi connectivity index (χ2n) is 3.05. The van der Waals surface area contributed by atoms with Crippen molar-refractivity contribution in [3.63, 3.8) is 0 Å². The Morgan fingerprint density at radius 3 is 1.93 bits per heavy atom. The van der Waals surface area contributed by atoms with Crippen molar-refractivity contribution in [2.45, 2.75) is 20.5 Å². The molecular formula is C11H18N2O. The summed E-state index contributed by atoms with van der Waals surface area (Å²) in [5, 5.41) is 15.7. The standard InChI is InChI=1S/C11H18N2O/c1-3-12-10-6-5-7-11(13-4-2)9(10)8-14/h5-7,12-14H,3-4,8H2,1-2H3. The molecule has 0 unspecified atom stereocenters. The molecule has 14 heavy (non-hydrogen) atoms. The van der Waals surface area contributed by atoms with Crippen molar-refractivity contribution in [2.75, 3.05) is 23.7 Å². The lowest BCUT2D eigenvalue weighted by Gasteiger charge is -2.14. The van der Waals surface area contributed by atoms with Crippen LogP contribution in [-0.4, -0.2) is 18.2 Å². The molecule has 1 aromatic carbocycles. The number of hydrogen-bond acceptors (Lipinski definition) is 3. The molecule has 0 aromatic heterocycles. The summed E-state index contributed by atoms with van der Waals surface area (Å²) in [4.78, 5) is 0.